The van der Waals surface area contributed by atoms with Crippen molar-refractivity contribution in [2.75, 3.05) is 39.3 Å². The molecule has 1 amide bonds. The zero-order valence-electron chi connectivity index (χ0n) is 17.2. The number of quaternary nitrogens is 1. The lowest BCUT2D eigenvalue weighted by molar-refractivity contribution is -0.906. The van der Waals surface area contributed by atoms with Crippen molar-refractivity contribution in [2.45, 2.75) is 45.3 Å². The molecule has 2 aliphatic heterocycles. The van der Waals surface area contributed by atoms with Crippen LogP contribution in [-0.4, -0.2) is 66.0 Å². The maximum absolute atomic E-state index is 13.3. The summed E-state index contributed by atoms with van der Waals surface area (Å²) in [7, 11) is 0. The molecule has 2 fully saturated rings. The average molecular weight is 400 g/mol. The van der Waals surface area contributed by atoms with Crippen molar-refractivity contribution < 1.29 is 14.4 Å². The number of aromatic nitrogens is 2. The highest BCUT2D eigenvalue weighted by Crippen LogP contribution is 2.16. The van der Waals surface area contributed by atoms with Gasteiger partial charge in [0.2, 0.25) is 0 Å². The number of aryl methyl sites for hydroxylation is 1. The van der Waals surface area contributed by atoms with Gasteiger partial charge in [0.15, 0.2) is 5.69 Å². The normalized spacial score (nSPS) is 20.4. The van der Waals surface area contributed by atoms with Crippen molar-refractivity contribution >= 4 is 16.7 Å². The molecule has 3 heterocycles. The Morgan fingerprint density at radius 1 is 1.24 bits per heavy atom. The van der Waals surface area contributed by atoms with E-state index in [4.69, 9.17) is 4.74 Å². The number of benzene rings is 1. The van der Waals surface area contributed by atoms with Crippen LogP contribution >= 0.6 is 0 Å². The summed E-state index contributed by atoms with van der Waals surface area (Å²) in [5, 5.41) is 5.73. The molecule has 7 nitrogen and oxygen atoms in total. The topological polar surface area (TPSA) is 68.9 Å². The number of hydrogen-bond acceptors (Lipinski definition) is 4. The monoisotopic (exact) mass is 399 g/mol. The summed E-state index contributed by atoms with van der Waals surface area (Å²) in [6.45, 7) is 7.82. The molecule has 4 rings (SSSR count). The second-order valence-corrected chi connectivity index (χ2v) is 8.16. The molecule has 1 N–H and O–H groups in total. The standard InChI is InChI=1S/C22H30N4O3/c1-2-3-10-26-21(27)19-9-5-4-8-18(19)20(23-26)22(28)25-13-11-24(12-14-25)16-17-7-6-15-29-17/h4-5,8-9,17H,2-3,6-7,10-16H2,1H3/p+1/t17-/m0/s1. The maximum atomic E-state index is 13.3. The lowest BCUT2D eigenvalue weighted by atomic mass is 10.1. The van der Waals surface area contributed by atoms with Gasteiger partial charge in [-0.3, -0.25) is 9.59 Å². The second-order valence-electron chi connectivity index (χ2n) is 8.16. The Kier molecular flexibility index (Phi) is 6.25. The number of carbonyl (C=O) groups excluding carboxylic acids is 1. The average Bonchev–Trinajstić information content (AvgIpc) is 3.26. The predicted octanol–water partition coefficient (Wildman–Crippen LogP) is 0.716. The number of carbonyl (C=O) groups is 1. The first-order valence-electron chi connectivity index (χ1n) is 10.9. The quantitative estimate of drug-likeness (QED) is 0.777. The Labute approximate surface area is 171 Å². The maximum Gasteiger partial charge on any atom is 0.275 e. The van der Waals surface area contributed by atoms with Gasteiger partial charge in [-0.25, -0.2) is 4.68 Å². The van der Waals surface area contributed by atoms with E-state index in [1.165, 1.54) is 9.58 Å². The van der Waals surface area contributed by atoms with Gasteiger partial charge in [-0.05, 0) is 25.3 Å². The van der Waals surface area contributed by atoms with Crippen LogP contribution in [0, 0.1) is 0 Å². The summed E-state index contributed by atoms with van der Waals surface area (Å²) < 4.78 is 7.23. The van der Waals surface area contributed by atoms with E-state index in [2.05, 4.69) is 12.0 Å². The molecule has 1 aromatic carbocycles. The predicted molar refractivity (Wildman–Crippen MR) is 111 cm³/mol. The summed E-state index contributed by atoms with van der Waals surface area (Å²) >= 11 is 0. The smallest absolute Gasteiger partial charge is 0.275 e. The molecule has 0 bridgehead atoms. The van der Waals surface area contributed by atoms with Gasteiger partial charge in [0.05, 0.1) is 31.6 Å². The van der Waals surface area contributed by atoms with Crippen LogP contribution in [0.4, 0.5) is 0 Å². The number of amides is 1. The van der Waals surface area contributed by atoms with Crippen molar-refractivity contribution in [3.63, 3.8) is 0 Å². The van der Waals surface area contributed by atoms with E-state index in [-0.39, 0.29) is 11.5 Å². The molecule has 29 heavy (non-hydrogen) atoms. The van der Waals surface area contributed by atoms with Crippen molar-refractivity contribution in [1.82, 2.24) is 14.7 Å². The van der Waals surface area contributed by atoms with Crippen LogP contribution in [0.2, 0.25) is 0 Å². The van der Waals surface area contributed by atoms with Crippen molar-refractivity contribution in [3.8, 4) is 0 Å². The fraction of sp³-hybridized carbons (Fsp3) is 0.591. The number of piperazine rings is 1. The Hall–Kier alpha value is -2.25. The third kappa shape index (κ3) is 4.36. The molecular weight excluding hydrogens is 368 g/mol. The summed E-state index contributed by atoms with van der Waals surface area (Å²) in [5.74, 6) is -0.0670. The minimum atomic E-state index is -0.114. The first kappa shape index (κ1) is 20.0. The SMILES string of the molecule is CCCCn1nc(C(=O)N2CC[NH+](C[C@@H]3CCCO3)CC2)c2ccccc2c1=O. The molecule has 0 aliphatic carbocycles. The molecule has 1 atom stereocenters. The number of fused-ring (bicyclic) bond motifs is 1. The molecule has 2 saturated heterocycles. The summed E-state index contributed by atoms with van der Waals surface area (Å²) in [6, 6.07) is 7.33. The number of hydrogen-bond donors (Lipinski definition) is 1. The minimum absolute atomic E-state index is 0.0670. The molecule has 0 saturated carbocycles. The first-order valence-corrected chi connectivity index (χ1v) is 10.9. The van der Waals surface area contributed by atoms with Crippen LogP contribution in [0.3, 0.4) is 0 Å². The van der Waals surface area contributed by atoms with E-state index in [0.29, 0.717) is 42.2 Å². The fourth-order valence-electron chi connectivity index (χ4n) is 4.36. The number of unbranched alkanes of at least 4 members (excludes halogenated alkanes) is 1. The van der Waals surface area contributed by atoms with Gasteiger partial charge < -0.3 is 14.5 Å². The van der Waals surface area contributed by atoms with Crippen molar-refractivity contribution in [3.05, 3.63) is 40.3 Å². The summed E-state index contributed by atoms with van der Waals surface area (Å²) in [5.41, 5.74) is 0.287. The van der Waals surface area contributed by atoms with Gasteiger partial charge in [-0.2, -0.15) is 5.10 Å². The van der Waals surface area contributed by atoms with Gasteiger partial charge in [0, 0.05) is 18.5 Å². The van der Waals surface area contributed by atoms with Gasteiger partial charge in [0.1, 0.15) is 12.6 Å². The lowest BCUT2D eigenvalue weighted by Crippen LogP contribution is -3.15. The molecule has 7 heteroatoms. The summed E-state index contributed by atoms with van der Waals surface area (Å²) in [6.07, 6.45) is 4.53. The molecule has 0 radical (unpaired) electrons. The largest absolute Gasteiger partial charge is 0.372 e. The Morgan fingerprint density at radius 3 is 2.69 bits per heavy atom. The number of ether oxygens (including phenoxy) is 1. The number of nitrogens with zero attached hydrogens (tertiary/aromatic N) is 3. The highest BCUT2D eigenvalue weighted by atomic mass is 16.5. The lowest BCUT2D eigenvalue weighted by Gasteiger charge is -2.33. The van der Waals surface area contributed by atoms with Crippen molar-refractivity contribution in [2.24, 2.45) is 0 Å². The summed E-state index contributed by atoms with van der Waals surface area (Å²) in [4.78, 5) is 29.5. The van der Waals surface area contributed by atoms with Crippen molar-refractivity contribution in [1.29, 1.82) is 0 Å². The van der Waals surface area contributed by atoms with Crippen LogP contribution in [-0.2, 0) is 11.3 Å². The molecule has 2 aliphatic rings. The molecule has 0 spiro atoms. The number of nitrogens with one attached hydrogen (secondary N) is 1. The van der Waals surface area contributed by atoms with E-state index in [1.54, 1.807) is 6.07 Å². The Bertz CT molecular complexity index is 912. The van der Waals surface area contributed by atoms with Crippen LogP contribution in [0.5, 0.6) is 0 Å². The zero-order valence-corrected chi connectivity index (χ0v) is 17.2. The van der Waals surface area contributed by atoms with E-state index < -0.39 is 0 Å². The number of rotatable bonds is 6. The molecule has 1 aromatic heterocycles. The first-order chi connectivity index (χ1) is 14.2. The van der Waals surface area contributed by atoms with Crippen LogP contribution < -0.4 is 10.5 Å². The van der Waals surface area contributed by atoms with E-state index in [1.807, 2.05) is 23.1 Å². The molecule has 2 aromatic rings. The van der Waals surface area contributed by atoms with Gasteiger partial charge in [0.25, 0.3) is 11.5 Å². The zero-order chi connectivity index (χ0) is 20.2. The minimum Gasteiger partial charge on any atom is -0.372 e. The van der Waals surface area contributed by atoms with E-state index >= 15 is 0 Å². The highest BCUT2D eigenvalue weighted by molar-refractivity contribution is 6.04. The van der Waals surface area contributed by atoms with Crippen LogP contribution in [0.25, 0.3) is 10.8 Å². The van der Waals surface area contributed by atoms with Crippen LogP contribution in [0.1, 0.15) is 43.1 Å². The van der Waals surface area contributed by atoms with Gasteiger partial charge >= 0.3 is 0 Å². The third-order valence-electron chi connectivity index (χ3n) is 6.09. The fourth-order valence-corrected chi connectivity index (χ4v) is 4.36. The second kappa shape index (κ2) is 9.05. The molecule has 156 valence electrons. The highest BCUT2D eigenvalue weighted by Gasteiger charge is 2.29. The van der Waals surface area contributed by atoms with Gasteiger partial charge in [-0.15, -0.1) is 0 Å². The van der Waals surface area contributed by atoms with Crippen LogP contribution in [0.15, 0.2) is 29.1 Å². The van der Waals surface area contributed by atoms with Gasteiger partial charge in [-0.1, -0.05) is 31.5 Å². The Balaban J connectivity index is 1.52. The van der Waals surface area contributed by atoms with E-state index in [9.17, 15) is 9.59 Å². The third-order valence-corrected chi connectivity index (χ3v) is 6.09. The Morgan fingerprint density at radius 2 is 2.00 bits per heavy atom. The molecule has 0 unspecified atom stereocenters. The molecular formula is C22H31N4O3+. The van der Waals surface area contributed by atoms with E-state index in [0.717, 1.165) is 51.9 Å².